The Balaban J connectivity index is 1.59. The molecule has 0 saturated heterocycles. The van der Waals surface area contributed by atoms with E-state index in [1.54, 1.807) is 12.2 Å². The first kappa shape index (κ1) is 32.4. The van der Waals surface area contributed by atoms with Crippen molar-refractivity contribution in [1.82, 2.24) is 0 Å². The standard InChI is InChI=1S/C41H29F6N/c1-3-5-25-48(24-4-2)33-21-14-27(15-22-33)30-16-23-36-37(26-30)39(29-12-19-32(20-13-29)41(45,46)47)35-9-7-6-8-34(35)38(36)28-10-17-31(18-11-28)40(42,43)44/h3-23,25-26H,1-2,24H2/b25-5+. The highest BCUT2D eigenvalue weighted by molar-refractivity contribution is 6.22. The van der Waals surface area contributed by atoms with E-state index in [4.69, 9.17) is 0 Å². The van der Waals surface area contributed by atoms with Crippen molar-refractivity contribution in [2.45, 2.75) is 12.4 Å². The zero-order valence-electron chi connectivity index (χ0n) is 25.6. The van der Waals surface area contributed by atoms with Crippen LogP contribution in [0.3, 0.4) is 0 Å². The third kappa shape index (κ3) is 6.36. The number of allylic oxidation sites excluding steroid dienone is 2. The van der Waals surface area contributed by atoms with Crippen molar-refractivity contribution >= 4 is 27.2 Å². The highest BCUT2D eigenvalue weighted by atomic mass is 19.4. The van der Waals surface area contributed by atoms with Crippen LogP contribution in [0.5, 0.6) is 0 Å². The molecular formula is C41H29F6N. The lowest BCUT2D eigenvalue weighted by Gasteiger charge is -2.20. The number of alkyl halides is 6. The van der Waals surface area contributed by atoms with Crippen molar-refractivity contribution in [3.8, 4) is 33.4 Å². The van der Waals surface area contributed by atoms with E-state index in [9.17, 15) is 26.3 Å². The van der Waals surface area contributed by atoms with Crippen LogP contribution >= 0.6 is 0 Å². The quantitative estimate of drug-likeness (QED) is 0.0686. The normalized spacial score (nSPS) is 12.1. The van der Waals surface area contributed by atoms with Crippen LogP contribution in [0.2, 0.25) is 0 Å². The maximum absolute atomic E-state index is 13.5. The molecule has 6 aromatic rings. The highest BCUT2D eigenvalue weighted by Gasteiger charge is 2.31. The molecule has 0 radical (unpaired) electrons. The summed E-state index contributed by atoms with van der Waals surface area (Å²) in [6, 6.07) is 31.4. The van der Waals surface area contributed by atoms with Gasteiger partial charge in [0.25, 0.3) is 0 Å². The van der Waals surface area contributed by atoms with Gasteiger partial charge in [0.05, 0.1) is 11.1 Å². The second kappa shape index (κ2) is 12.9. The van der Waals surface area contributed by atoms with Crippen LogP contribution in [0, 0.1) is 0 Å². The van der Waals surface area contributed by atoms with Gasteiger partial charge in [0, 0.05) is 18.4 Å². The summed E-state index contributed by atoms with van der Waals surface area (Å²) in [4.78, 5) is 2.02. The van der Waals surface area contributed by atoms with Crippen LogP contribution in [-0.4, -0.2) is 6.54 Å². The molecule has 0 N–H and O–H groups in total. The zero-order chi connectivity index (χ0) is 34.1. The SMILES string of the molecule is C=C/C=C/N(CC=C)c1ccc(-c2ccc3c(-c4ccc(C(F)(F)F)cc4)c4ccccc4c(-c4ccc(C(F)(F)F)cc4)c3c2)cc1. The molecule has 0 unspecified atom stereocenters. The van der Waals surface area contributed by atoms with Gasteiger partial charge >= 0.3 is 12.4 Å². The summed E-state index contributed by atoms with van der Waals surface area (Å²) in [7, 11) is 0. The third-order valence-corrected chi connectivity index (χ3v) is 8.29. The van der Waals surface area contributed by atoms with E-state index >= 15 is 0 Å². The monoisotopic (exact) mass is 649 g/mol. The number of fused-ring (bicyclic) bond motifs is 2. The molecule has 0 aromatic heterocycles. The summed E-state index contributed by atoms with van der Waals surface area (Å²) < 4.78 is 80.9. The van der Waals surface area contributed by atoms with Gasteiger partial charge in [-0.25, -0.2) is 0 Å². The van der Waals surface area contributed by atoms with Gasteiger partial charge in [0.1, 0.15) is 0 Å². The zero-order valence-corrected chi connectivity index (χ0v) is 25.6. The van der Waals surface area contributed by atoms with Crippen LogP contribution in [0.15, 0.2) is 153 Å². The molecule has 7 heteroatoms. The molecule has 0 spiro atoms. The van der Waals surface area contributed by atoms with Crippen molar-refractivity contribution in [1.29, 1.82) is 0 Å². The van der Waals surface area contributed by atoms with Gasteiger partial charge < -0.3 is 4.90 Å². The minimum Gasteiger partial charge on any atom is -0.344 e. The molecule has 0 saturated carbocycles. The number of rotatable bonds is 8. The molecule has 6 rings (SSSR count). The number of nitrogens with zero attached hydrogens (tertiary/aromatic N) is 1. The lowest BCUT2D eigenvalue weighted by molar-refractivity contribution is -0.138. The Kier molecular flexibility index (Phi) is 8.71. The molecule has 48 heavy (non-hydrogen) atoms. The highest BCUT2D eigenvalue weighted by Crippen LogP contribution is 2.46. The van der Waals surface area contributed by atoms with Gasteiger partial charge in [-0.2, -0.15) is 26.3 Å². The number of hydrogen-bond donors (Lipinski definition) is 0. The predicted octanol–water partition coefficient (Wildman–Crippen LogP) is 12.7. The summed E-state index contributed by atoms with van der Waals surface area (Å²) in [5, 5.41) is 3.05. The van der Waals surface area contributed by atoms with Gasteiger partial charge in [-0.3, -0.25) is 0 Å². The second-order valence-corrected chi connectivity index (χ2v) is 11.3. The van der Waals surface area contributed by atoms with Gasteiger partial charge in [0.15, 0.2) is 0 Å². The van der Waals surface area contributed by atoms with E-state index in [1.165, 1.54) is 24.3 Å². The number of halogens is 6. The Hall–Kier alpha value is -5.56. The van der Waals surface area contributed by atoms with E-state index in [-0.39, 0.29) is 0 Å². The topological polar surface area (TPSA) is 3.24 Å². The van der Waals surface area contributed by atoms with E-state index in [1.807, 2.05) is 83.9 Å². The van der Waals surface area contributed by atoms with Crippen molar-refractivity contribution in [3.05, 3.63) is 164 Å². The Morgan fingerprint density at radius 3 is 1.46 bits per heavy atom. The fourth-order valence-corrected chi connectivity index (χ4v) is 6.03. The van der Waals surface area contributed by atoms with E-state index < -0.39 is 23.5 Å². The van der Waals surface area contributed by atoms with E-state index in [0.29, 0.717) is 17.7 Å². The molecule has 0 bridgehead atoms. The smallest absolute Gasteiger partial charge is 0.344 e. The number of anilines is 1. The summed E-state index contributed by atoms with van der Waals surface area (Å²) in [6.07, 6.45) is -1.74. The van der Waals surface area contributed by atoms with Crippen LogP contribution in [-0.2, 0) is 12.4 Å². The molecule has 0 amide bonds. The van der Waals surface area contributed by atoms with E-state index in [0.717, 1.165) is 73.8 Å². The lowest BCUT2D eigenvalue weighted by atomic mass is 9.84. The maximum atomic E-state index is 13.5. The average molecular weight is 650 g/mol. The van der Waals surface area contributed by atoms with Gasteiger partial charge in [-0.05, 0) is 103 Å². The van der Waals surface area contributed by atoms with E-state index in [2.05, 4.69) is 13.2 Å². The van der Waals surface area contributed by atoms with Crippen molar-refractivity contribution in [2.24, 2.45) is 0 Å². The molecular weight excluding hydrogens is 620 g/mol. The summed E-state index contributed by atoms with van der Waals surface area (Å²) in [6.45, 7) is 8.16. The Bertz CT molecular complexity index is 2140. The average Bonchev–Trinajstić information content (AvgIpc) is 3.08. The van der Waals surface area contributed by atoms with Crippen LogP contribution < -0.4 is 4.90 Å². The number of benzene rings is 6. The first-order valence-electron chi connectivity index (χ1n) is 15.1. The Morgan fingerprint density at radius 2 is 0.979 bits per heavy atom. The van der Waals surface area contributed by atoms with Gasteiger partial charge in [0.2, 0.25) is 0 Å². The Labute approximate surface area is 274 Å². The second-order valence-electron chi connectivity index (χ2n) is 11.3. The van der Waals surface area contributed by atoms with Crippen molar-refractivity contribution in [3.63, 3.8) is 0 Å². The molecule has 0 aliphatic heterocycles. The van der Waals surface area contributed by atoms with Crippen molar-refractivity contribution < 1.29 is 26.3 Å². The summed E-state index contributed by atoms with van der Waals surface area (Å²) in [5.74, 6) is 0. The fourth-order valence-electron chi connectivity index (χ4n) is 6.03. The molecule has 1 nitrogen and oxygen atoms in total. The fraction of sp³-hybridized carbons (Fsp3) is 0.0732. The molecule has 240 valence electrons. The Morgan fingerprint density at radius 1 is 0.521 bits per heavy atom. The van der Waals surface area contributed by atoms with Crippen molar-refractivity contribution in [2.75, 3.05) is 11.4 Å². The predicted molar refractivity (Wildman–Crippen MR) is 185 cm³/mol. The van der Waals surface area contributed by atoms with Crippen LogP contribution in [0.1, 0.15) is 11.1 Å². The van der Waals surface area contributed by atoms with Gasteiger partial charge in [-0.15, -0.1) is 6.58 Å². The third-order valence-electron chi connectivity index (χ3n) is 8.29. The first-order chi connectivity index (χ1) is 23.0. The minimum absolute atomic E-state index is 0.588. The number of hydrogen-bond acceptors (Lipinski definition) is 1. The summed E-state index contributed by atoms with van der Waals surface area (Å²) in [5.41, 5.74) is 3.87. The molecule has 0 heterocycles. The molecule has 0 aliphatic rings. The molecule has 0 fully saturated rings. The molecule has 0 atom stereocenters. The largest absolute Gasteiger partial charge is 0.416 e. The summed E-state index contributed by atoms with van der Waals surface area (Å²) >= 11 is 0. The first-order valence-corrected chi connectivity index (χ1v) is 15.1. The van der Waals surface area contributed by atoms with Crippen LogP contribution in [0.4, 0.5) is 32.0 Å². The lowest BCUT2D eigenvalue weighted by Crippen LogP contribution is -2.15. The minimum atomic E-state index is -4.49. The molecule has 0 aliphatic carbocycles. The van der Waals surface area contributed by atoms with Gasteiger partial charge in [-0.1, -0.05) is 91.5 Å². The maximum Gasteiger partial charge on any atom is 0.416 e. The molecule has 6 aromatic carbocycles. The van der Waals surface area contributed by atoms with Crippen LogP contribution in [0.25, 0.3) is 54.9 Å².